The van der Waals surface area contributed by atoms with Crippen molar-refractivity contribution in [1.29, 1.82) is 0 Å². The van der Waals surface area contributed by atoms with Gasteiger partial charge in [0.1, 0.15) is 17.7 Å². The van der Waals surface area contributed by atoms with Gasteiger partial charge in [-0.15, -0.1) is 0 Å². The lowest BCUT2D eigenvalue weighted by molar-refractivity contribution is -0.143. The zero-order valence-electron chi connectivity index (χ0n) is 24.7. The predicted octanol–water partition coefficient (Wildman–Crippen LogP) is 6.22. The number of amides is 3. The number of aryl methyl sites for hydroxylation is 2. The van der Waals surface area contributed by atoms with E-state index >= 15 is 0 Å². The van der Waals surface area contributed by atoms with E-state index in [1.165, 1.54) is 0 Å². The Morgan fingerprint density at radius 3 is 2.16 bits per heavy atom. The zero-order chi connectivity index (χ0) is 28.2. The molecule has 7 nitrogen and oxygen atoms in total. The normalized spacial score (nSPS) is 13.9. The first-order valence-electron chi connectivity index (χ1n) is 14.0. The van der Waals surface area contributed by atoms with Crippen LogP contribution in [0.3, 0.4) is 0 Å². The Balaban J connectivity index is 3.47. The fraction of sp³-hybridized carbons (Fsp3) is 0.700. The molecule has 0 fully saturated rings. The van der Waals surface area contributed by atoms with Gasteiger partial charge in [-0.05, 0) is 70.1 Å². The molecule has 3 atom stereocenters. The monoisotopic (exact) mass is 517 g/mol. The summed E-state index contributed by atoms with van der Waals surface area (Å²) in [5, 5.41) is 5.89. The van der Waals surface area contributed by atoms with Crippen molar-refractivity contribution in [3.05, 3.63) is 34.9 Å². The molecule has 3 unspecified atom stereocenters. The summed E-state index contributed by atoms with van der Waals surface area (Å²) in [5.41, 5.74) is 2.28. The van der Waals surface area contributed by atoms with Gasteiger partial charge in [-0.1, -0.05) is 71.6 Å². The van der Waals surface area contributed by atoms with Crippen LogP contribution in [0.4, 0.5) is 4.79 Å². The summed E-state index contributed by atoms with van der Waals surface area (Å²) in [6, 6.07) is 4.34. The molecule has 0 saturated carbocycles. The highest BCUT2D eigenvalue weighted by Crippen LogP contribution is 2.27. The number of carbonyl (C=O) groups is 3. The molecule has 2 N–H and O–H groups in total. The van der Waals surface area contributed by atoms with E-state index in [-0.39, 0.29) is 17.7 Å². The Morgan fingerprint density at radius 1 is 0.973 bits per heavy atom. The molecule has 0 aliphatic heterocycles. The first-order valence-corrected chi connectivity index (χ1v) is 14.0. The summed E-state index contributed by atoms with van der Waals surface area (Å²) in [6.07, 6.45) is 4.65. The smallest absolute Gasteiger partial charge is 0.408 e. The van der Waals surface area contributed by atoms with Crippen LogP contribution >= 0.6 is 0 Å². The van der Waals surface area contributed by atoms with Crippen LogP contribution in [0.5, 0.6) is 0 Å². The number of hydrogen-bond donors (Lipinski definition) is 2. The maximum absolute atomic E-state index is 14.2. The van der Waals surface area contributed by atoms with Gasteiger partial charge in [-0.3, -0.25) is 9.59 Å². The van der Waals surface area contributed by atoms with E-state index in [1.807, 2.05) is 45.9 Å². The molecule has 7 heteroatoms. The lowest BCUT2D eigenvalue weighted by Gasteiger charge is -2.36. The Hall–Kier alpha value is -2.57. The first-order chi connectivity index (χ1) is 17.4. The van der Waals surface area contributed by atoms with E-state index < -0.39 is 23.8 Å². The maximum Gasteiger partial charge on any atom is 0.408 e. The number of ether oxygens (including phenoxy) is 1. The first kappa shape index (κ1) is 32.5. The molecule has 1 aromatic carbocycles. The molecular formula is C30H51N3O4. The lowest BCUT2D eigenvalue weighted by atomic mass is 9.94. The van der Waals surface area contributed by atoms with Crippen LogP contribution in [-0.4, -0.2) is 47.5 Å². The highest BCUT2D eigenvalue weighted by molar-refractivity contribution is 5.92. The second-order valence-electron chi connectivity index (χ2n) is 11.1. The molecule has 1 aromatic rings. The van der Waals surface area contributed by atoms with Crippen molar-refractivity contribution in [2.45, 2.75) is 119 Å². The molecule has 0 aliphatic rings. The molecule has 0 heterocycles. The maximum atomic E-state index is 14.2. The van der Waals surface area contributed by atoms with Crippen molar-refractivity contribution >= 4 is 17.9 Å². The fourth-order valence-corrected chi connectivity index (χ4v) is 4.08. The molecular weight excluding hydrogens is 466 g/mol. The number of nitrogens with zero attached hydrogens (tertiary/aromatic N) is 1. The molecule has 3 amide bonds. The average Bonchev–Trinajstić information content (AvgIpc) is 2.82. The van der Waals surface area contributed by atoms with Crippen LogP contribution in [0.2, 0.25) is 0 Å². The molecule has 0 radical (unpaired) electrons. The third kappa shape index (κ3) is 10.7. The van der Waals surface area contributed by atoms with Crippen LogP contribution in [0.15, 0.2) is 18.2 Å². The van der Waals surface area contributed by atoms with Crippen LogP contribution in [0.25, 0.3) is 0 Å². The van der Waals surface area contributed by atoms with Crippen molar-refractivity contribution in [2.24, 2.45) is 5.92 Å². The van der Waals surface area contributed by atoms with Crippen LogP contribution < -0.4 is 10.6 Å². The summed E-state index contributed by atoms with van der Waals surface area (Å²) in [4.78, 5) is 42.2. The van der Waals surface area contributed by atoms with Gasteiger partial charge in [0.05, 0.1) is 0 Å². The average molecular weight is 518 g/mol. The number of carbonyl (C=O) groups excluding carboxylic acids is 3. The van der Waals surface area contributed by atoms with Gasteiger partial charge in [-0.25, -0.2) is 4.79 Å². The van der Waals surface area contributed by atoms with E-state index in [0.29, 0.717) is 19.5 Å². The zero-order valence-corrected chi connectivity index (χ0v) is 24.7. The van der Waals surface area contributed by atoms with Crippen molar-refractivity contribution < 1.29 is 19.1 Å². The minimum Gasteiger partial charge on any atom is -0.444 e. The van der Waals surface area contributed by atoms with Gasteiger partial charge in [0.2, 0.25) is 11.8 Å². The quantitative estimate of drug-likeness (QED) is 0.287. The summed E-state index contributed by atoms with van der Waals surface area (Å²) in [7, 11) is 0. The molecule has 0 bridgehead atoms. The van der Waals surface area contributed by atoms with Crippen LogP contribution in [-0.2, 0) is 14.3 Å². The lowest BCUT2D eigenvalue weighted by Crippen LogP contribution is -2.55. The molecule has 210 valence electrons. The molecule has 0 aromatic heterocycles. The Labute approximate surface area is 225 Å². The molecule has 0 spiro atoms. The number of benzene rings is 1. The number of hydrogen-bond acceptors (Lipinski definition) is 4. The third-order valence-corrected chi connectivity index (χ3v) is 6.67. The van der Waals surface area contributed by atoms with E-state index in [4.69, 9.17) is 4.74 Å². The van der Waals surface area contributed by atoms with Crippen molar-refractivity contribution in [3.63, 3.8) is 0 Å². The largest absolute Gasteiger partial charge is 0.444 e. The van der Waals surface area contributed by atoms with Gasteiger partial charge < -0.3 is 20.3 Å². The standard InChI is InChI=1S/C30H51N3O4/c1-10-13-15-18-31-27(34)26(24-17-16-22(5)23(6)20-24)33(19-14-11-2)28(35)25(21(4)12-3)32-29(36)37-30(7,8)9/h16-17,20-21,25-26H,10-15,18-19H2,1-9H3,(H,31,34)(H,32,36). The van der Waals surface area contributed by atoms with Gasteiger partial charge >= 0.3 is 6.09 Å². The van der Waals surface area contributed by atoms with Gasteiger partial charge in [0, 0.05) is 13.1 Å². The Bertz CT molecular complexity index is 878. The van der Waals surface area contributed by atoms with E-state index in [0.717, 1.165) is 48.8 Å². The summed E-state index contributed by atoms with van der Waals surface area (Å²) in [6.45, 7) is 18.5. The van der Waals surface area contributed by atoms with E-state index in [9.17, 15) is 14.4 Å². The summed E-state index contributed by atoms with van der Waals surface area (Å²) < 4.78 is 5.47. The van der Waals surface area contributed by atoms with Gasteiger partial charge in [0.15, 0.2) is 0 Å². The topological polar surface area (TPSA) is 87.7 Å². The number of unbranched alkanes of at least 4 members (excludes halogenated alkanes) is 3. The highest BCUT2D eigenvalue weighted by Gasteiger charge is 2.37. The SMILES string of the molecule is CCCCCNC(=O)C(c1ccc(C)c(C)c1)N(CCCC)C(=O)C(NC(=O)OC(C)(C)C)C(C)CC. The minimum atomic E-state index is -0.807. The van der Waals surface area contributed by atoms with Crippen LogP contribution in [0, 0.1) is 19.8 Å². The van der Waals surface area contributed by atoms with Gasteiger partial charge in [-0.2, -0.15) is 0 Å². The molecule has 37 heavy (non-hydrogen) atoms. The Kier molecular flexibility index (Phi) is 13.7. The van der Waals surface area contributed by atoms with Gasteiger partial charge in [0.25, 0.3) is 0 Å². The van der Waals surface area contributed by atoms with Crippen molar-refractivity contribution in [1.82, 2.24) is 15.5 Å². The molecule has 0 aliphatic carbocycles. The van der Waals surface area contributed by atoms with Crippen LogP contribution in [0.1, 0.15) is 110 Å². The predicted molar refractivity (Wildman–Crippen MR) is 150 cm³/mol. The second-order valence-corrected chi connectivity index (χ2v) is 11.1. The van der Waals surface area contributed by atoms with E-state index in [2.05, 4.69) is 24.5 Å². The molecule has 1 rings (SSSR count). The second kappa shape index (κ2) is 15.6. The number of nitrogens with one attached hydrogen (secondary N) is 2. The highest BCUT2D eigenvalue weighted by atomic mass is 16.6. The Morgan fingerprint density at radius 2 is 1.62 bits per heavy atom. The number of alkyl carbamates (subject to hydrolysis) is 1. The number of rotatable bonds is 14. The third-order valence-electron chi connectivity index (χ3n) is 6.67. The fourth-order valence-electron chi connectivity index (χ4n) is 4.08. The van der Waals surface area contributed by atoms with Crippen molar-refractivity contribution in [3.8, 4) is 0 Å². The molecule has 0 saturated heterocycles. The van der Waals surface area contributed by atoms with Crippen molar-refractivity contribution in [2.75, 3.05) is 13.1 Å². The van der Waals surface area contributed by atoms with E-state index in [1.54, 1.807) is 25.7 Å². The summed E-state index contributed by atoms with van der Waals surface area (Å²) in [5.74, 6) is -0.596. The minimum absolute atomic E-state index is 0.142. The summed E-state index contributed by atoms with van der Waals surface area (Å²) >= 11 is 0.